The van der Waals surface area contributed by atoms with E-state index in [2.05, 4.69) is 19.2 Å². The second-order valence-electron chi connectivity index (χ2n) is 5.13. The van der Waals surface area contributed by atoms with E-state index in [1.165, 1.54) is 0 Å². The quantitative estimate of drug-likeness (QED) is 0.802. The van der Waals surface area contributed by atoms with E-state index in [1.807, 2.05) is 27.0 Å². The predicted molar refractivity (Wildman–Crippen MR) is 85.7 cm³/mol. The molecule has 1 N–H and O–H groups in total. The maximum atomic E-state index is 12.8. The van der Waals surface area contributed by atoms with Gasteiger partial charge in [-0.3, -0.25) is 0 Å². The van der Waals surface area contributed by atoms with Crippen LogP contribution < -0.4 is 5.32 Å². The average molecular weight is 319 g/mol. The van der Waals surface area contributed by atoms with Crippen molar-refractivity contribution in [2.75, 3.05) is 20.1 Å². The average Bonchev–Trinajstić information content (AvgIpc) is 2.77. The van der Waals surface area contributed by atoms with E-state index >= 15 is 0 Å². The minimum absolute atomic E-state index is 0.375. The first-order valence-corrected chi connectivity index (χ1v) is 9.36. The van der Waals surface area contributed by atoms with Crippen molar-refractivity contribution in [3.8, 4) is 0 Å². The number of rotatable bonds is 8. The summed E-state index contributed by atoms with van der Waals surface area (Å²) >= 11 is 1.55. The Kier molecular flexibility index (Phi) is 6.64. The molecule has 1 unspecified atom stereocenters. The lowest BCUT2D eigenvalue weighted by molar-refractivity contribution is 0.361. The van der Waals surface area contributed by atoms with Crippen molar-refractivity contribution in [1.82, 2.24) is 9.62 Å². The van der Waals surface area contributed by atoms with Crippen LogP contribution in [0.2, 0.25) is 0 Å². The monoisotopic (exact) mass is 318 g/mol. The van der Waals surface area contributed by atoms with Crippen LogP contribution in [-0.2, 0) is 16.6 Å². The van der Waals surface area contributed by atoms with Crippen LogP contribution in [0.25, 0.3) is 0 Å². The number of thiophene rings is 1. The molecule has 0 aliphatic carbocycles. The Morgan fingerprint density at radius 1 is 1.40 bits per heavy atom. The number of nitrogens with one attached hydrogen (secondary N) is 1. The van der Waals surface area contributed by atoms with Crippen molar-refractivity contribution in [2.45, 2.75) is 45.6 Å². The molecule has 0 saturated heterocycles. The molecule has 1 rings (SSSR count). The standard InChI is InChI=1S/C14H26N2O2S2/c1-6-11(3)10-16(7-2)20(17,18)14-8-13(9-15-5)19-12(14)4/h8,11,15H,6-7,9-10H2,1-5H3. The Labute approximate surface area is 127 Å². The van der Waals surface area contributed by atoms with Gasteiger partial charge in [0.15, 0.2) is 0 Å². The third-order valence-corrected chi connectivity index (χ3v) is 6.70. The zero-order chi connectivity index (χ0) is 15.3. The molecule has 0 aromatic carbocycles. The van der Waals surface area contributed by atoms with Crippen LogP contribution in [0.1, 0.15) is 36.9 Å². The zero-order valence-corrected chi connectivity index (χ0v) is 14.7. The van der Waals surface area contributed by atoms with Gasteiger partial charge < -0.3 is 5.32 Å². The fraction of sp³-hybridized carbons (Fsp3) is 0.714. The fourth-order valence-electron chi connectivity index (χ4n) is 2.05. The van der Waals surface area contributed by atoms with Gasteiger partial charge >= 0.3 is 0 Å². The molecule has 20 heavy (non-hydrogen) atoms. The first kappa shape index (κ1) is 17.6. The number of aryl methyl sites for hydroxylation is 1. The number of nitrogens with zero attached hydrogens (tertiary/aromatic N) is 1. The summed E-state index contributed by atoms with van der Waals surface area (Å²) in [6.45, 7) is 9.77. The van der Waals surface area contributed by atoms with E-state index in [9.17, 15) is 8.42 Å². The highest BCUT2D eigenvalue weighted by Crippen LogP contribution is 2.28. The summed E-state index contributed by atoms with van der Waals surface area (Å²) in [4.78, 5) is 2.40. The number of hydrogen-bond donors (Lipinski definition) is 1. The molecular weight excluding hydrogens is 292 g/mol. The molecule has 4 nitrogen and oxygen atoms in total. The Morgan fingerprint density at radius 2 is 2.05 bits per heavy atom. The molecule has 0 bridgehead atoms. The first-order chi connectivity index (χ1) is 9.36. The highest BCUT2D eigenvalue weighted by atomic mass is 32.2. The van der Waals surface area contributed by atoms with Crippen molar-refractivity contribution in [1.29, 1.82) is 0 Å². The van der Waals surface area contributed by atoms with Crippen molar-refractivity contribution >= 4 is 21.4 Å². The number of hydrogen-bond acceptors (Lipinski definition) is 4. The Hall–Kier alpha value is -0.430. The molecule has 0 aliphatic heterocycles. The second-order valence-corrected chi connectivity index (χ2v) is 8.38. The molecule has 0 fully saturated rings. The van der Waals surface area contributed by atoms with Gasteiger partial charge in [-0.05, 0) is 26.0 Å². The second kappa shape index (κ2) is 7.54. The van der Waals surface area contributed by atoms with Gasteiger partial charge in [0.05, 0.1) is 4.90 Å². The lowest BCUT2D eigenvalue weighted by Gasteiger charge is -2.23. The Bertz CT molecular complexity index is 523. The fourth-order valence-corrected chi connectivity index (χ4v) is 5.24. The van der Waals surface area contributed by atoms with Crippen LogP contribution >= 0.6 is 11.3 Å². The molecule has 116 valence electrons. The lowest BCUT2D eigenvalue weighted by atomic mass is 10.1. The third-order valence-electron chi connectivity index (χ3n) is 3.46. The summed E-state index contributed by atoms with van der Waals surface area (Å²) in [5.74, 6) is 0.375. The smallest absolute Gasteiger partial charge is 0.244 e. The molecule has 6 heteroatoms. The van der Waals surface area contributed by atoms with Crippen LogP contribution in [0.3, 0.4) is 0 Å². The van der Waals surface area contributed by atoms with E-state index in [-0.39, 0.29) is 0 Å². The molecule has 1 atom stereocenters. The van der Waals surface area contributed by atoms with Crippen LogP contribution in [0, 0.1) is 12.8 Å². The predicted octanol–water partition coefficient (Wildman–Crippen LogP) is 2.83. The van der Waals surface area contributed by atoms with Gasteiger partial charge in [0, 0.05) is 29.4 Å². The summed E-state index contributed by atoms with van der Waals surface area (Å²) in [6, 6.07) is 1.81. The SMILES string of the molecule is CCC(C)CN(CC)S(=O)(=O)c1cc(CNC)sc1C. The molecule has 1 aromatic heterocycles. The third kappa shape index (κ3) is 4.04. The van der Waals surface area contributed by atoms with Crippen molar-refractivity contribution < 1.29 is 8.42 Å². The van der Waals surface area contributed by atoms with E-state index in [0.29, 0.717) is 30.4 Å². The van der Waals surface area contributed by atoms with Gasteiger partial charge in [0.1, 0.15) is 0 Å². The van der Waals surface area contributed by atoms with Gasteiger partial charge in [-0.2, -0.15) is 4.31 Å². The van der Waals surface area contributed by atoms with Crippen LogP contribution in [0.5, 0.6) is 0 Å². The summed E-state index contributed by atoms with van der Waals surface area (Å²) < 4.78 is 27.1. The summed E-state index contributed by atoms with van der Waals surface area (Å²) in [5, 5.41) is 3.06. The number of sulfonamides is 1. The normalized spacial score (nSPS) is 13.9. The summed E-state index contributed by atoms with van der Waals surface area (Å²) in [7, 11) is -1.50. The molecule has 1 heterocycles. The summed E-state index contributed by atoms with van der Waals surface area (Å²) in [6.07, 6.45) is 0.986. The van der Waals surface area contributed by atoms with Crippen LogP contribution in [0.4, 0.5) is 0 Å². The van der Waals surface area contributed by atoms with Gasteiger partial charge in [0.25, 0.3) is 0 Å². The van der Waals surface area contributed by atoms with Crippen molar-refractivity contribution in [2.24, 2.45) is 5.92 Å². The molecule has 0 amide bonds. The maximum Gasteiger partial charge on any atom is 0.244 e. The Morgan fingerprint density at radius 3 is 2.55 bits per heavy atom. The van der Waals surface area contributed by atoms with Gasteiger partial charge in [0.2, 0.25) is 10.0 Å². The molecule has 1 aromatic rings. The topological polar surface area (TPSA) is 49.4 Å². The van der Waals surface area contributed by atoms with E-state index in [0.717, 1.165) is 16.2 Å². The first-order valence-electron chi connectivity index (χ1n) is 7.10. The summed E-state index contributed by atoms with van der Waals surface area (Å²) in [5.41, 5.74) is 0. The molecule has 0 saturated carbocycles. The molecule has 0 spiro atoms. The molecular formula is C14H26N2O2S2. The molecule has 0 aliphatic rings. The van der Waals surface area contributed by atoms with Gasteiger partial charge in [-0.1, -0.05) is 27.2 Å². The minimum atomic E-state index is -3.37. The lowest BCUT2D eigenvalue weighted by Crippen LogP contribution is -2.34. The Balaban J connectivity index is 3.07. The highest BCUT2D eigenvalue weighted by molar-refractivity contribution is 7.89. The van der Waals surface area contributed by atoms with Crippen LogP contribution in [0.15, 0.2) is 11.0 Å². The van der Waals surface area contributed by atoms with Gasteiger partial charge in [-0.25, -0.2) is 8.42 Å². The largest absolute Gasteiger partial charge is 0.315 e. The van der Waals surface area contributed by atoms with Crippen molar-refractivity contribution in [3.05, 3.63) is 15.8 Å². The maximum absolute atomic E-state index is 12.8. The van der Waals surface area contributed by atoms with E-state index in [4.69, 9.17) is 0 Å². The van der Waals surface area contributed by atoms with Crippen LogP contribution in [-0.4, -0.2) is 32.9 Å². The van der Waals surface area contributed by atoms with Crippen molar-refractivity contribution in [3.63, 3.8) is 0 Å². The molecule has 0 radical (unpaired) electrons. The van der Waals surface area contributed by atoms with E-state index in [1.54, 1.807) is 15.6 Å². The van der Waals surface area contributed by atoms with Gasteiger partial charge in [-0.15, -0.1) is 11.3 Å². The minimum Gasteiger partial charge on any atom is -0.315 e. The zero-order valence-electron chi connectivity index (χ0n) is 13.1. The highest BCUT2D eigenvalue weighted by Gasteiger charge is 2.27. The van der Waals surface area contributed by atoms with E-state index < -0.39 is 10.0 Å².